The number of carboxylic acids is 1. The molecule has 1 heterocycles. The number of aliphatic carboxylic acids is 1. The summed E-state index contributed by atoms with van der Waals surface area (Å²) in [5.74, 6) is -4.56. The molecule has 0 aliphatic carbocycles. The molecule has 4 rings (SSSR count). The zero-order valence-electron chi connectivity index (χ0n) is 24.1. The molecule has 12 nitrogen and oxygen atoms in total. The van der Waals surface area contributed by atoms with Gasteiger partial charge in [-0.05, 0) is 59.7 Å². The number of rotatable bonds is 15. The summed E-state index contributed by atoms with van der Waals surface area (Å²) in [6, 6.07) is 15.4. The highest BCUT2D eigenvalue weighted by molar-refractivity contribution is 8.00. The molecule has 3 aromatic rings. The van der Waals surface area contributed by atoms with Crippen molar-refractivity contribution in [3.05, 3.63) is 95.6 Å². The van der Waals surface area contributed by atoms with Crippen molar-refractivity contribution in [3.8, 4) is 5.75 Å². The number of carboxylic acid groups (broad SMARTS) is 1. The Morgan fingerprint density at radius 1 is 0.935 bits per heavy atom. The number of nitrogens with one attached hydrogen (secondary N) is 2. The van der Waals surface area contributed by atoms with E-state index in [1.54, 1.807) is 24.3 Å². The van der Waals surface area contributed by atoms with E-state index in [-0.39, 0.29) is 11.7 Å². The Kier molecular flexibility index (Phi) is 11.3. The first-order chi connectivity index (χ1) is 21.9. The lowest BCUT2D eigenvalue weighted by atomic mass is 9.92. The average Bonchev–Trinajstić information content (AvgIpc) is 3.02. The number of thioether (sulfide) groups is 1. The highest BCUT2D eigenvalue weighted by atomic mass is 32.2. The Morgan fingerprint density at radius 2 is 1.54 bits per heavy atom. The predicted molar refractivity (Wildman–Crippen MR) is 163 cm³/mol. The number of anilines is 1. The number of hydrogen-bond donors (Lipinski definition) is 5. The van der Waals surface area contributed by atoms with Gasteiger partial charge < -0.3 is 36.2 Å². The van der Waals surface area contributed by atoms with Gasteiger partial charge in [0.05, 0.1) is 25.1 Å². The van der Waals surface area contributed by atoms with Gasteiger partial charge in [-0.3, -0.25) is 19.2 Å². The maximum atomic E-state index is 13.6. The van der Waals surface area contributed by atoms with Crippen LogP contribution in [0, 0.1) is 11.6 Å². The second-order valence-electron chi connectivity index (χ2n) is 10.2. The van der Waals surface area contributed by atoms with Crippen molar-refractivity contribution < 1.29 is 47.7 Å². The van der Waals surface area contributed by atoms with Gasteiger partial charge in [-0.2, -0.15) is 0 Å². The number of β-lactam (4-membered cyclic amide) rings is 1. The van der Waals surface area contributed by atoms with Crippen molar-refractivity contribution in [2.24, 2.45) is 5.73 Å². The summed E-state index contributed by atoms with van der Waals surface area (Å²) in [5.41, 5.74) is 6.66. The standard InChI is InChI=1S/C31H30F2N4O8S/c32-19-5-1-17(2-6-19)24(38)16-46-29-28(37(30(29)42)21-9-7-20(33)8-10-21)18-3-11-22(12-4-18)45-15-27(41)35-14-26(40)36-23(31(43)44)13-25(34)39/h1-12,23-24,28-29,38H,13-16H2,(H2,34,39)(H,35,41)(H,36,40)(H,43,44)/t23-,24?,28+,29+/m0/s1. The summed E-state index contributed by atoms with van der Waals surface area (Å²) >= 11 is 1.24. The first-order valence-electron chi connectivity index (χ1n) is 13.9. The van der Waals surface area contributed by atoms with E-state index in [0.29, 0.717) is 22.6 Å². The molecule has 0 aromatic heterocycles. The number of carbonyl (C=O) groups excluding carboxylic acids is 4. The number of carbonyl (C=O) groups is 5. The fraction of sp³-hybridized carbons (Fsp3) is 0.258. The van der Waals surface area contributed by atoms with Gasteiger partial charge in [0.25, 0.3) is 5.91 Å². The third kappa shape index (κ3) is 8.79. The topological polar surface area (TPSA) is 188 Å². The highest BCUT2D eigenvalue weighted by Gasteiger charge is 2.49. The highest BCUT2D eigenvalue weighted by Crippen LogP contribution is 2.46. The molecule has 0 bridgehead atoms. The Bertz CT molecular complexity index is 1570. The van der Waals surface area contributed by atoms with Crippen molar-refractivity contribution >= 4 is 47.0 Å². The summed E-state index contributed by atoms with van der Waals surface area (Å²) in [4.78, 5) is 61.0. The van der Waals surface area contributed by atoms with E-state index < -0.39 is 78.3 Å². The molecule has 15 heteroatoms. The Hall–Kier alpha value is -5.02. The van der Waals surface area contributed by atoms with Crippen LogP contribution in [0.15, 0.2) is 72.8 Å². The van der Waals surface area contributed by atoms with Crippen LogP contribution in [-0.2, 0) is 24.0 Å². The van der Waals surface area contributed by atoms with Gasteiger partial charge >= 0.3 is 5.97 Å². The van der Waals surface area contributed by atoms with Crippen LogP contribution >= 0.6 is 11.8 Å². The molecular formula is C31H30F2N4O8S. The van der Waals surface area contributed by atoms with Gasteiger partial charge in [0.1, 0.15) is 28.7 Å². The van der Waals surface area contributed by atoms with Crippen LogP contribution in [0.25, 0.3) is 0 Å². The van der Waals surface area contributed by atoms with E-state index in [0.717, 1.165) is 0 Å². The van der Waals surface area contributed by atoms with E-state index in [4.69, 9.17) is 15.6 Å². The fourth-order valence-corrected chi connectivity index (χ4v) is 5.90. The lowest BCUT2D eigenvalue weighted by molar-refractivity contribution is -0.143. The van der Waals surface area contributed by atoms with Crippen molar-refractivity contribution in [2.75, 3.05) is 23.8 Å². The average molecular weight is 657 g/mol. The summed E-state index contributed by atoms with van der Waals surface area (Å²) in [6.07, 6.45) is -1.55. The summed E-state index contributed by atoms with van der Waals surface area (Å²) < 4.78 is 32.4. The van der Waals surface area contributed by atoms with Gasteiger partial charge in [-0.15, -0.1) is 11.8 Å². The molecule has 4 amide bonds. The fourth-order valence-electron chi connectivity index (χ4n) is 4.60. The molecule has 6 N–H and O–H groups in total. The van der Waals surface area contributed by atoms with Gasteiger partial charge in [0.2, 0.25) is 17.7 Å². The van der Waals surface area contributed by atoms with Crippen LogP contribution in [0.4, 0.5) is 14.5 Å². The Labute approximate surface area is 265 Å². The first kappa shape index (κ1) is 33.9. The molecule has 0 spiro atoms. The summed E-state index contributed by atoms with van der Waals surface area (Å²) in [7, 11) is 0. The van der Waals surface area contributed by atoms with Crippen molar-refractivity contribution in [2.45, 2.75) is 29.9 Å². The zero-order valence-corrected chi connectivity index (χ0v) is 24.9. The van der Waals surface area contributed by atoms with Crippen LogP contribution in [0.2, 0.25) is 0 Å². The number of primary amides is 1. The number of nitrogens with zero attached hydrogens (tertiary/aromatic N) is 1. The molecule has 46 heavy (non-hydrogen) atoms. The first-order valence-corrected chi connectivity index (χ1v) is 14.9. The molecule has 4 atom stereocenters. The molecular weight excluding hydrogens is 626 g/mol. The number of aliphatic hydroxyl groups is 1. The second-order valence-corrected chi connectivity index (χ2v) is 11.4. The molecule has 1 unspecified atom stereocenters. The van der Waals surface area contributed by atoms with Crippen LogP contribution < -0.4 is 26.0 Å². The summed E-state index contributed by atoms with van der Waals surface area (Å²) in [5, 5.41) is 23.4. The minimum atomic E-state index is -1.53. The normalized spacial score (nSPS) is 16.9. The number of aliphatic hydroxyl groups excluding tert-OH is 1. The SMILES string of the molecule is NC(=O)C[C@H](NC(=O)CNC(=O)COc1ccc([C@@H]2[C@@H](SCC(O)c3ccc(F)cc3)C(=O)N2c2ccc(F)cc2)cc1)C(=O)O. The predicted octanol–water partition coefficient (Wildman–Crippen LogP) is 1.83. The van der Waals surface area contributed by atoms with Crippen LogP contribution in [0.1, 0.15) is 29.7 Å². The van der Waals surface area contributed by atoms with E-state index >= 15 is 0 Å². The van der Waals surface area contributed by atoms with Gasteiger partial charge in [0.15, 0.2) is 6.61 Å². The van der Waals surface area contributed by atoms with Crippen LogP contribution in [-0.4, -0.2) is 70.0 Å². The molecule has 242 valence electrons. The maximum Gasteiger partial charge on any atom is 0.326 e. The van der Waals surface area contributed by atoms with Crippen molar-refractivity contribution in [1.29, 1.82) is 0 Å². The van der Waals surface area contributed by atoms with Crippen molar-refractivity contribution in [3.63, 3.8) is 0 Å². The van der Waals surface area contributed by atoms with Crippen LogP contribution in [0.3, 0.4) is 0 Å². The molecule has 0 saturated carbocycles. The third-order valence-electron chi connectivity index (χ3n) is 6.92. The van der Waals surface area contributed by atoms with E-state index in [1.807, 2.05) is 0 Å². The minimum absolute atomic E-state index is 0.159. The van der Waals surface area contributed by atoms with E-state index in [1.165, 1.54) is 65.2 Å². The molecule has 1 aliphatic heterocycles. The molecule has 1 aliphatic rings. The smallest absolute Gasteiger partial charge is 0.326 e. The van der Waals surface area contributed by atoms with Gasteiger partial charge in [0, 0.05) is 11.4 Å². The Morgan fingerprint density at radius 3 is 2.13 bits per heavy atom. The monoisotopic (exact) mass is 656 g/mol. The number of halogens is 2. The number of ether oxygens (including phenoxy) is 1. The number of nitrogens with two attached hydrogens (primary N) is 1. The van der Waals surface area contributed by atoms with Crippen LogP contribution in [0.5, 0.6) is 5.75 Å². The number of hydrogen-bond acceptors (Lipinski definition) is 8. The lowest BCUT2D eigenvalue weighted by Gasteiger charge is -2.47. The van der Waals surface area contributed by atoms with Crippen molar-refractivity contribution in [1.82, 2.24) is 10.6 Å². The van der Waals surface area contributed by atoms with Gasteiger partial charge in [-0.1, -0.05) is 24.3 Å². The maximum absolute atomic E-state index is 13.6. The van der Waals surface area contributed by atoms with E-state index in [9.17, 15) is 37.9 Å². The van der Waals surface area contributed by atoms with E-state index in [2.05, 4.69) is 10.6 Å². The second kappa shape index (κ2) is 15.3. The Balaban J connectivity index is 1.36. The number of amides is 4. The number of benzene rings is 3. The van der Waals surface area contributed by atoms with Gasteiger partial charge in [-0.25, -0.2) is 13.6 Å². The largest absolute Gasteiger partial charge is 0.484 e. The zero-order chi connectivity index (χ0) is 33.4. The molecule has 0 radical (unpaired) electrons. The quantitative estimate of drug-likeness (QED) is 0.152. The minimum Gasteiger partial charge on any atom is -0.484 e. The molecule has 1 saturated heterocycles. The summed E-state index contributed by atoms with van der Waals surface area (Å²) in [6.45, 7) is -1.03. The molecule has 1 fully saturated rings. The lowest BCUT2D eigenvalue weighted by Crippen LogP contribution is -2.57. The third-order valence-corrected chi connectivity index (χ3v) is 8.24. The molecule has 3 aromatic carbocycles.